The highest BCUT2D eigenvalue weighted by Gasteiger charge is 2.34. The Morgan fingerprint density at radius 3 is 2.88 bits per heavy atom. The Balaban J connectivity index is 2.18. The van der Waals surface area contributed by atoms with Crippen molar-refractivity contribution in [1.29, 1.82) is 0 Å². The van der Waals surface area contributed by atoms with Crippen molar-refractivity contribution in [3.8, 4) is 0 Å². The molecule has 1 saturated heterocycles. The molecule has 1 aromatic carbocycles. The zero-order valence-corrected chi connectivity index (χ0v) is 8.41. The lowest BCUT2D eigenvalue weighted by Gasteiger charge is -2.14. The van der Waals surface area contributed by atoms with E-state index in [-0.39, 0.29) is 12.6 Å². The molecule has 0 saturated carbocycles. The Morgan fingerprint density at radius 2 is 2.19 bits per heavy atom. The molecule has 1 N–H and O–H groups in total. The van der Waals surface area contributed by atoms with Crippen molar-refractivity contribution in [2.75, 3.05) is 6.54 Å². The van der Waals surface area contributed by atoms with Gasteiger partial charge in [0.25, 0.3) is 0 Å². The molecule has 82 valence electrons. The largest absolute Gasteiger partial charge is 0.444 e. The van der Waals surface area contributed by atoms with Crippen LogP contribution in [0.3, 0.4) is 0 Å². The van der Waals surface area contributed by atoms with Crippen molar-refractivity contribution in [2.45, 2.75) is 12.1 Å². The molecule has 1 amide bonds. The van der Waals surface area contributed by atoms with Gasteiger partial charge in [0.1, 0.15) is 6.10 Å². The van der Waals surface area contributed by atoms with Gasteiger partial charge in [-0.1, -0.05) is 35.4 Å². The molecule has 2 rings (SSSR count). The summed E-state index contributed by atoms with van der Waals surface area (Å²) in [6, 6.07) is 9.18. The maximum absolute atomic E-state index is 11.1. The van der Waals surface area contributed by atoms with Crippen molar-refractivity contribution < 1.29 is 9.53 Å². The molecule has 6 nitrogen and oxygen atoms in total. The quantitative estimate of drug-likeness (QED) is 0.478. The molecule has 1 fully saturated rings. The van der Waals surface area contributed by atoms with Crippen LogP contribution in [0.5, 0.6) is 0 Å². The fourth-order valence-electron chi connectivity index (χ4n) is 1.68. The lowest BCUT2D eigenvalue weighted by molar-refractivity contribution is 0.136. The Bertz CT molecular complexity index is 428. The molecule has 0 bridgehead atoms. The molecule has 1 heterocycles. The average molecular weight is 218 g/mol. The van der Waals surface area contributed by atoms with Crippen LogP contribution in [-0.2, 0) is 4.74 Å². The number of rotatable bonds is 3. The zero-order chi connectivity index (χ0) is 11.4. The van der Waals surface area contributed by atoms with Crippen LogP contribution in [-0.4, -0.2) is 18.7 Å². The molecule has 0 spiro atoms. The number of benzene rings is 1. The minimum absolute atomic E-state index is 0.134. The molecule has 0 unspecified atom stereocenters. The van der Waals surface area contributed by atoms with Gasteiger partial charge in [-0.15, -0.1) is 0 Å². The highest BCUT2D eigenvalue weighted by atomic mass is 16.6. The van der Waals surface area contributed by atoms with Crippen molar-refractivity contribution >= 4 is 6.09 Å². The summed E-state index contributed by atoms with van der Waals surface area (Å²) in [6.07, 6.45) is -0.919. The summed E-state index contributed by atoms with van der Waals surface area (Å²) in [6.45, 7) is 0.134. The van der Waals surface area contributed by atoms with Gasteiger partial charge in [0.2, 0.25) is 0 Å². The lowest BCUT2D eigenvalue weighted by atomic mass is 10.0. The number of hydrogen-bond donors (Lipinski definition) is 1. The van der Waals surface area contributed by atoms with E-state index in [2.05, 4.69) is 15.3 Å². The number of cyclic esters (lactones) is 1. The Kier molecular flexibility index (Phi) is 2.93. The van der Waals surface area contributed by atoms with Gasteiger partial charge in [0, 0.05) is 4.91 Å². The van der Waals surface area contributed by atoms with Gasteiger partial charge in [0.05, 0.1) is 12.6 Å². The first-order chi connectivity index (χ1) is 7.81. The maximum atomic E-state index is 11.1. The van der Waals surface area contributed by atoms with Crippen LogP contribution in [0.1, 0.15) is 11.6 Å². The van der Waals surface area contributed by atoms with Crippen LogP contribution in [0.2, 0.25) is 0 Å². The van der Waals surface area contributed by atoms with E-state index in [1.54, 1.807) is 0 Å². The first-order valence-electron chi connectivity index (χ1n) is 4.84. The molecular weight excluding hydrogens is 208 g/mol. The molecule has 1 aromatic rings. The summed E-state index contributed by atoms with van der Waals surface area (Å²) in [4.78, 5) is 13.8. The first kappa shape index (κ1) is 10.3. The van der Waals surface area contributed by atoms with Gasteiger partial charge < -0.3 is 10.1 Å². The average Bonchev–Trinajstić information content (AvgIpc) is 2.69. The third-order valence-corrected chi connectivity index (χ3v) is 2.39. The minimum Gasteiger partial charge on any atom is -0.444 e. The number of hydrogen-bond acceptors (Lipinski definition) is 3. The monoisotopic (exact) mass is 218 g/mol. The van der Waals surface area contributed by atoms with E-state index in [1.807, 2.05) is 30.3 Å². The topological polar surface area (TPSA) is 87.1 Å². The molecule has 1 aliphatic rings. The predicted octanol–water partition coefficient (Wildman–Crippen LogP) is 2.15. The third-order valence-electron chi connectivity index (χ3n) is 2.39. The number of carbonyl (C=O) groups is 1. The van der Waals surface area contributed by atoms with Crippen LogP contribution in [0.15, 0.2) is 35.4 Å². The Hall–Kier alpha value is -2.20. The smallest absolute Gasteiger partial charge is 0.408 e. The standard InChI is InChI=1S/C10H10N4O2/c11-14-12-6-8-9(13-10(15)16-8)7-4-2-1-3-5-7/h1-5,8-9H,6H2,(H,13,15)/t8-,9-/m1/s1. The number of azide groups is 1. The second-order valence-corrected chi connectivity index (χ2v) is 3.39. The number of alkyl carbamates (subject to hydrolysis) is 1. The zero-order valence-electron chi connectivity index (χ0n) is 8.41. The second kappa shape index (κ2) is 4.55. The highest BCUT2D eigenvalue weighted by Crippen LogP contribution is 2.24. The van der Waals surface area contributed by atoms with Crippen LogP contribution >= 0.6 is 0 Å². The van der Waals surface area contributed by atoms with Gasteiger partial charge in [-0.05, 0) is 11.1 Å². The molecule has 16 heavy (non-hydrogen) atoms. The molecule has 2 atom stereocenters. The maximum Gasteiger partial charge on any atom is 0.408 e. The fraction of sp³-hybridized carbons (Fsp3) is 0.300. The summed E-state index contributed by atoms with van der Waals surface area (Å²) >= 11 is 0. The van der Waals surface area contributed by atoms with E-state index in [4.69, 9.17) is 10.3 Å². The molecule has 0 aromatic heterocycles. The number of amides is 1. The Labute approximate surface area is 91.8 Å². The van der Waals surface area contributed by atoms with Crippen LogP contribution in [0.4, 0.5) is 4.79 Å². The van der Waals surface area contributed by atoms with Gasteiger partial charge in [0.15, 0.2) is 0 Å². The molecule has 6 heteroatoms. The van der Waals surface area contributed by atoms with Crippen molar-refractivity contribution in [3.05, 3.63) is 46.3 Å². The minimum atomic E-state index is -0.480. The van der Waals surface area contributed by atoms with Crippen molar-refractivity contribution in [2.24, 2.45) is 5.11 Å². The predicted molar refractivity (Wildman–Crippen MR) is 56.6 cm³/mol. The highest BCUT2D eigenvalue weighted by molar-refractivity contribution is 5.70. The summed E-state index contributed by atoms with van der Waals surface area (Å²) in [5.74, 6) is 0. The fourth-order valence-corrected chi connectivity index (χ4v) is 1.68. The third kappa shape index (κ3) is 2.07. The second-order valence-electron chi connectivity index (χ2n) is 3.39. The Morgan fingerprint density at radius 1 is 1.44 bits per heavy atom. The molecule has 0 aliphatic carbocycles. The molecular formula is C10H10N4O2. The van der Waals surface area contributed by atoms with E-state index in [0.717, 1.165) is 5.56 Å². The normalized spacial score (nSPS) is 23.1. The van der Waals surface area contributed by atoms with Gasteiger partial charge >= 0.3 is 6.09 Å². The number of ether oxygens (including phenoxy) is 1. The lowest BCUT2D eigenvalue weighted by Crippen LogP contribution is -2.24. The van der Waals surface area contributed by atoms with Crippen LogP contribution < -0.4 is 5.32 Å². The van der Waals surface area contributed by atoms with Crippen LogP contribution in [0.25, 0.3) is 10.4 Å². The summed E-state index contributed by atoms with van der Waals surface area (Å²) in [7, 11) is 0. The van der Waals surface area contributed by atoms with Crippen LogP contribution in [0, 0.1) is 0 Å². The van der Waals surface area contributed by atoms with E-state index >= 15 is 0 Å². The SMILES string of the molecule is [N-]=[N+]=NC[C@H]1OC(=O)N[C@@H]1c1ccccc1. The number of nitrogens with zero attached hydrogens (tertiary/aromatic N) is 3. The summed E-state index contributed by atoms with van der Waals surface area (Å²) < 4.78 is 5.02. The van der Waals surface area contributed by atoms with Crippen molar-refractivity contribution in [1.82, 2.24) is 5.32 Å². The number of carbonyl (C=O) groups excluding carboxylic acids is 1. The van der Waals surface area contributed by atoms with Gasteiger partial charge in [-0.25, -0.2) is 4.79 Å². The molecule has 1 aliphatic heterocycles. The molecule has 0 radical (unpaired) electrons. The summed E-state index contributed by atoms with van der Waals surface area (Å²) in [5, 5.41) is 6.11. The van der Waals surface area contributed by atoms with E-state index in [0.29, 0.717) is 0 Å². The van der Waals surface area contributed by atoms with Gasteiger partial charge in [-0.2, -0.15) is 0 Å². The van der Waals surface area contributed by atoms with E-state index < -0.39 is 12.2 Å². The first-order valence-corrected chi connectivity index (χ1v) is 4.84. The van der Waals surface area contributed by atoms with E-state index in [1.165, 1.54) is 0 Å². The number of nitrogens with one attached hydrogen (secondary N) is 1. The van der Waals surface area contributed by atoms with Gasteiger partial charge in [-0.3, -0.25) is 0 Å². The van der Waals surface area contributed by atoms with E-state index in [9.17, 15) is 4.79 Å². The summed E-state index contributed by atoms with van der Waals surface area (Å²) in [5.41, 5.74) is 9.18. The van der Waals surface area contributed by atoms with Crippen molar-refractivity contribution in [3.63, 3.8) is 0 Å².